The number of nitrogens with zero attached hydrogens (tertiary/aromatic N) is 2. The summed E-state index contributed by atoms with van der Waals surface area (Å²) in [5.74, 6) is 1.40. The fourth-order valence-corrected chi connectivity index (χ4v) is 2.04. The number of rotatable bonds is 4. The third-order valence-electron chi connectivity index (χ3n) is 3.28. The van der Waals surface area contributed by atoms with E-state index in [9.17, 15) is 4.79 Å². The van der Waals surface area contributed by atoms with Crippen LogP contribution in [0, 0.1) is 5.92 Å². The van der Waals surface area contributed by atoms with E-state index in [2.05, 4.69) is 32.9 Å². The van der Waals surface area contributed by atoms with Crippen LogP contribution < -0.4 is 0 Å². The van der Waals surface area contributed by atoms with Crippen molar-refractivity contribution in [2.45, 2.75) is 46.2 Å². The van der Waals surface area contributed by atoms with Crippen molar-refractivity contribution in [3.63, 3.8) is 0 Å². The molecule has 1 amide bonds. The Hall–Kier alpha value is -1.52. The number of cyclic esters (lactones) is 1. The first-order valence-electron chi connectivity index (χ1n) is 6.38. The van der Waals surface area contributed by atoms with Gasteiger partial charge in [0.05, 0.1) is 18.3 Å². The molecule has 100 valence electrons. The maximum Gasteiger partial charge on any atom is 0.410 e. The number of hydrogen-bond acceptors (Lipinski definition) is 4. The summed E-state index contributed by atoms with van der Waals surface area (Å²) in [5, 5.41) is 4.00. The molecular formula is C13H20N2O3. The molecule has 1 aliphatic rings. The number of ether oxygens (including phenoxy) is 1. The van der Waals surface area contributed by atoms with Gasteiger partial charge in [-0.05, 0) is 11.8 Å². The summed E-state index contributed by atoms with van der Waals surface area (Å²) >= 11 is 0. The van der Waals surface area contributed by atoms with E-state index in [4.69, 9.17) is 9.26 Å². The summed E-state index contributed by atoms with van der Waals surface area (Å²) in [6.07, 6.45) is -0.267. The summed E-state index contributed by atoms with van der Waals surface area (Å²) in [6.45, 7) is 9.17. The van der Waals surface area contributed by atoms with Crippen molar-refractivity contribution in [3.8, 4) is 0 Å². The van der Waals surface area contributed by atoms with Gasteiger partial charge in [-0.2, -0.15) is 0 Å². The van der Waals surface area contributed by atoms with Crippen molar-refractivity contribution >= 4 is 6.09 Å². The lowest BCUT2D eigenvalue weighted by Crippen LogP contribution is -2.36. The molecule has 0 spiro atoms. The average Bonchev–Trinajstić information content (AvgIpc) is 2.88. The molecule has 2 rings (SSSR count). The average molecular weight is 252 g/mol. The van der Waals surface area contributed by atoms with E-state index < -0.39 is 0 Å². The van der Waals surface area contributed by atoms with E-state index >= 15 is 0 Å². The maximum atomic E-state index is 11.7. The number of carbonyl (C=O) groups excluding carboxylic acids is 1. The van der Waals surface area contributed by atoms with Crippen molar-refractivity contribution in [2.75, 3.05) is 6.61 Å². The van der Waals surface area contributed by atoms with Gasteiger partial charge in [-0.25, -0.2) is 4.79 Å². The van der Waals surface area contributed by atoms with Crippen LogP contribution in [0.15, 0.2) is 10.6 Å². The highest BCUT2D eigenvalue weighted by atomic mass is 16.6. The third-order valence-corrected chi connectivity index (χ3v) is 3.28. The Kier molecular flexibility index (Phi) is 3.59. The highest BCUT2D eigenvalue weighted by Crippen LogP contribution is 2.23. The minimum atomic E-state index is -0.267. The smallest absolute Gasteiger partial charge is 0.410 e. The molecular weight excluding hydrogens is 232 g/mol. The van der Waals surface area contributed by atoms with Gasteiger partial charge in [0.25, 0.3) is 0 Å². The Morgan fingerprint density at radius 2 is 2.17 bits per heavy atom. The molecule has 1 aliphatic heterocycles. The molecule has 18 heavy (non-hydrogen) atoms. The third kappa shape index (κ3) is 2.49. The van der Waals surface area contributed by atoms with E-state index in [0.717, 1.165) is 5.69 Å². The van der Waals surface area contributed by atoms with Gasteiger partial charge >= 0.3 is 6.09 Å². The predicted molar refractivity (Wildman–Crippen MR) is 66.1 cm³/mol. The second kappa shape index (κ2) is 5.00. The maximum absolute atomic E-state index is 11.7. The highest BCUT2D eigenvalue weighted by molar-refractivity contribution is 5.70. The standard InChI is InChI=1S/C13H20N2O3/c1-8(2)11-5-10(18-14-11)6-15-12(9(3)4)7-17-13(15)16/h5,8-9,12H,6-7H2,1-4H3/t12-/m1/s1. The zero-order valence-electron chi connectivity index (χ0n) is 11.3. The number of amides is 1. The second-order valence-corrected chi connectivity index (χ2v) is 5.39. The molecule has 0 aromatic carbocycles. The van der Waals surface area contributed by atoms with Crippen molar-refractivity contribution in [1.82, 2.24) is 10.1 Å². The molecule has 1 aromatic heterocycles. The van der Waals surface area contributed by atoms with Crippen molar-refractivity contribution in [3.05, 3.63) is 17.5 Å². The first-order chi connectivity index (χ1) is 8.49. The Labute approximate surface area is 107 Å². The van der Waals surface area contributed by atoms with Gasteiger partial charge in [0.15, 0.2) is 5.76 Å². The molecule has 1 atom stereocenters. The Bertz CT molecular complexity index is 426. The molecule has 0 N–H and O–H groups in total. The topological polar surface area (TPSA) is 55.6 Å². The minimum Gasteiger partial charge on any atom is -0.447 e. The summed E-state index contributed by atoms with van der Waals surface area (Å²) in [6, 6.07) is 2.03. The van der Waals surface area contributed by atoms with Crippen LogP contribution in [0.4, 0.5) is 4.79 Å². The van der Waals surface area contributed by atoms with Gasteiger partial charge in [-0.3, -0.25) is 4.90 Å². The molecule has 0 unspecified atom stereocenters. The predicted octanol–water partition coefficient (Wildman–Crippen LogP) is 2.77. The van der Waals surface area contributed by atoms with Crippen LogP contribution >= 0.6 is 0 Å². The molecule has 2 heterocycles. The van der Waals surface area contributed by atoms with Gasteiger partial charge in [0.2, 0.25) is 0 Å². The second-order valence-electron chi connectivity index (χ2n) is 5.39. The summed E-state index contributed by atoms with van der Waals surface area (Å²) in [5.41, 5.74) is 0.915. The quantitative estimate of drug-likeness (QED) is 0.826. The van der Waals surface area contributed by atoms with Crippen LogP contribution in [0.25, 0.3) is 0 Å². The molecule has 5 heteroatoms. The zero-order chi connectivity index (χ0) is 13.3. The van der Waals surface area contributed by atoms with Gasteiger partial charge in [0.1, 0.15) is 6.61 Å². The van der Waals surface area contributed by atoms with Crippen molar-refractivity contribution in [1.29, 1.82) is 0 Å². The first-order valence-corrected chi connectivity index (χ1v) is 6.38. The number of carbonyl (C=O) groups is 1. The van der Waals surface area contributed by atoms with E-state index in [-0.39, 0.29) is 12.1 Å². The zero-order valence-corrected chi connectivity index (χ0v) is 11.3. The summed E-state index contributed by atoms with van der Waals surface area (Å²) in [4.78, 5) is 13.4. The van der Waals surface area contributed by atoms with Crippen LogP contribution in [0.5, 0.6) is 0 Å². The summed E-state index contributed by atoms with van der Waals surface area (Å²) < 4.78 is 10.4. The molecule has 0 bridgehead atoms. The van der Waals surface area contributed by atoms with Gasteiger partial charge in [-0.1, -0.05) is 32.9 Å². The molecule has 0 aliphatic carbocycles. The highest BCUT2D eigenvalue weighted by Gasteiger charge is 2.35. The SMILES string of the molecule is CC(C)c1cc(CN2C(=O)OC[C@@H]2C(C)C)on1. The Morgan fingerprint density at radius 1 is 1.44 bits per heavy atom. The van der Waals surface area contributed by atoms with E-state index in [1.54, 1.807) is 4.90 Å². The lowest BCUT2D eigenvalue weighted by atomic mass is 10.0. The molecule has 0 radical (unpaired) electrons. The van der Waals surface area contributed by atoms with Gasteiger partial charge in [0, 0.05) is 6.07 Å². The van der Waals surface area contributed by atoms with E-state index in [1.165, 1.54) is 0 Å². The van der Waals surface area contributed by atoms with Crippen LogP contribution in [0.1, 0.15) is 45.1 Å². The molecule has 1 aromatic rings. The van der Waals surface area contributed by atoms with Crippen molar-refractivity contribution < 1.29 is 14.1 Å². The normalized spacial score (nSPS) is 20.0. The molecule has 1 saturated heterocycles. The molecule has 1 fully saturated rings. The van der Waals surface area contributed by atoms with Crippen molar-refractivity contribution in [2.24, 2.45) is 5.92 Å². The monoisotopic (exact) mass is 252 g/mol. The lowest BCUT2D eigenvalue weighted by Gasteiger charge is -2.22. The molecule has 0 saturated carbocycles. The fraction of sp³-hybridized carbons (Fsp3) is 0.692. The first kappa shape index (κ1) is 12.9. The van der Waals surface area contributed by atoms with Crippen LogP contribution in [-0.2, 0) is 11.3 Å². The Morgan fingerprint density at radius 3 is 2.72 bits per heavy atom. The van der Waals surface area contributed by atoms with Crippen LogP contribution in [-0.4, -0.2) is 28.8 Å². The van der Waals surface area contributed by atoms with Gasteiger partial charge in [-0.15, -0.1) is 0 Å². The number of aromatic nitrogens is 1. The summed E-state index contributed by atoms with van der Waals surface area (Å²) in [7, 11) is 0. The largest absolute Gasteiger partial charge is 0.447 e. The molecule has 5 nitrogen and oxygen atoms in total. The van der Waals surface area contributed by atoms with E-state index in [1.807, 2.05) is 6.07 Å². The van der Waals surface area contributed by atoms with Crippen LogP contribution in [0.2, 0.25) is 0 Å². The minimum absolute atomic E-state index is 0.116. The van der Waals surface area contributed by atoms with Gasteiger partial charge < -0.3 is 9.26 Å². The lowest BCUT2D eigenvalue weighted by molar-refractivity contribution is 0.150. The van der Waals surface area contributed by atoms with Crippen LogP contribution in [0.3, 0.4) is 0 Å². The van der Waals surface area contributed by atoms with E-state index in [0.29, 0.717) is 30.7 Å². The fourth-order valence-electron chi connectivity index (χ4n) is 2.04. The Balaban J connectivity index is 2.09. The number of hydrogen-bond donors (Lipinski definition) is 0.